The summed E-state index contributed by atoms with van der Waals surface area (Å²) in [5, 5.41) is 8.76. The summed E-state index contributed by atoms with van der Waals surface area (Å²) in [6.45, 7) is 4.95. The molecule has 0 unspecified atom stereocenters. The van der Waals surface area contributed by atoms with Crippen molar-refractivity contribution in [2.75, 3.05) is 6.61 Å². The highest BCUT2D eigenvalue weighted by molar-refractivity contribution is 5.87. The molecule has 3 rings (SSSR count). The molecule has 1 N–H and O–H groups in total. The number of fused-ring (bicyclic) bond motifs is 1. The van der Waals surface area contributed by atoms with Gasteiger partial charge in [0, 0.05) is 17.9 Å². The number of carbonyl (C=O) groups excluding carboxylic acids is 1. The number of rotatable bonds is 2. The molecule has 2 heterocycles. The minimum atomic E-state index is -0.395. The maximum atomic E-state index is 12.1. The number of aromatic nitrogens is 1. The number of aromatic amines is 1. The Morgan fingerprint density at radius 2 is 2.35 bits per heavy atom. The molecule has 1 saturated carbocycles. The van der Waals surface area contributed by atoms with Gasteiger partial charge in [-0.05, 0) is 25.0 Å². The molecule has 1 aromatic heterocycles. The van der Waals surface area contributed by atoms with Crippen LogP contribution in [0.25, 0.3) is 0 Å². The van der Waals surface area contributed by atoms with Crippen LogP contribution in [0.15, 0.2) is 12.1 Å². The van der Waals surface area contributed by atoms with E-state index in [0.29, 0.717) is 17.3 Å². The fourth-order valence-electron chi connectivity index (χ4n) is 3.47. The number of esters is 1. The van der Waals surface area contributed by atoms with Gasteiger partial charge in [0.05, 0.1) is 6.10 Å². The number of nitrogens with one attached hydrogen (secondary N) is 1. The highest BCUT2D eigenvalue weighted by atomic mass is 16.6. The van der Waals surface area contributed by atoms with Crippen molar-refractivity contribution in [2.45, 2.75) is 38.9 Å². The summed E-state index contributed by atoms with van der Waals surface area (Å²) in [7, 11) is 0. The number of carbonyl (C=O) groups is 1. The summed E-state index contributed by atoms with van der Waals surface area (Å²) in [6.07, 6.45) is 2.13. The first-order valence-electron chi connectivity index (χ1n) is 6.95. The molecule has 2 aliphatic rings. The first kappa shape index (κ1) is 13.2. The molecule has 20 heavy (non-hydrogen) atoms. The van der Waals surface area contributed by atoms with Gasteiger partial charge in [0.15, 0.2) is 0 Å². The van der Waals surface area contributed by atoms with Gasteiger partial charge in [-0.1, -0.05) is 13.8 Å². The van der Waals surface area contributed by atoms with Gasteiger partial charge in [0.2, 0.25) is 0 Å². The zero-order valence-electron chi connectivity index (χ0n) is 11.7. The maximum Gasteiger partial charge on any atom is 0.355 e. The molecule has 0 spiro atoms. The predicted octanol–water partition coefficient (Wildman–Crippen LogP) is 2.25. The SMILES string of the molecule is CC1(C)[C@@H]2OCCC[C@@H]2[C@@H]1OC(=O)c1ccc(C#N)[nH]1. The summed E-state index contributed by atoms with van der Waals surface area (Å²) in [5.74, 6) is -0.0957. The third kappa shape index (κ3) is 1.92. The standard InChI is InChI=1S/C15H18N2O3/c1-15(2)12-10(4-3-7-19-12)13(15)20-14(18)11-6-5-9(8-16)17-11/h5-6,10,12-13,17H,3-4,7H2,1-2H3/t10-,12+,13-/m0/s1. The average molecular weight is 274 g/mol. The number of nitrogens with zero attached hydrogens (tertiary/aromatic N) is 1. The Kier molecular flexibility index (Phi) is 3.06. The topological polar surface area (TPSA) is 75.1 Å². The number of hydrogen-bond acceptors (Lipinski definition) is 4. The maximum absolute atomic E-state index is 12.1. The van der Waals surface area contributed by atoms with E-state index in [2.05, 4.69) is 18.8 Å². The molecule has 1 aliphatic carbocycles. The lowest BCUT2D eigenvalue weighted by molar-refractivity contribution is -0.243. The normalized spacial score (nSPS) is 30.8. The predicted molar refractivity (Wildman–Crippen MR) is 71.0 cm³/mol. The van der Waals surface area contributed by atoms with Crippen LogP contribution in [0.5, 0.6) is 0 Å². The van der Waals surface area contributed by atoms with Crippen molar-refractivity contribution < 1.29 is 14.3 Å². The van der Waals surface area contributed by atoms with E-state index in [1.54, 1.807) is 12.1 Å². The van der Waals surface area contributed by atoms with E-state index in [9.17, 15) is 4.79 Å². The Morgan fingerprint density at radius 1 is 1.55 bits per heavy atom. The molecule has 5 heteroatoms. The Morgan fingerprint density at radius 3 is 3.05 bits per heavy atom. The van der Waals surface area contributed by atoms with Crippen LogP contribution in [0.4, 0.5) is 0 Å². The van der Waals surface area contributed by atoms with Crippen molar-refractivity contribution in [1.82, 2.24) is 4.98 Å². The van der Waals surface area contributed by atoms with Crippen LogP contribution in [-0.2, 0) is 9.47 Å². The number of H-pyrrole nitrogens is 1. The van der Waals surface area contributed by atoms with Gasteiger partial charge in [-0.15, -0.1) is 0 Å². The number of hydrogen-bond donors (Lipinski definition) is 1. The molecule has 3 atom stereocenters. The lowest BCUT2D eigenvalue weighted by Gasteiger charge is -2.58. The zero-order valence-corrected chi connectivity index (χ0v) is 11.7. The quantitative estimate of drug-likeness (QED) is 0.839. The van der Waals surface area contributed by atoms with Crippen LogP contribution < -0.4 is 0 Å². The number of ether oxygens (including phenoxy) is 2. The van der Waals surface area contributed by atoms with Crippen molar-refractivity contribution in [1.29, 1.82) is 5.26 Å². The second-order valence-corrected chi connectivity index (χ2v) is 6.14. The fourth-order valence-corrected chi connectivity index (χ4v) is 3.47. The molecule has 106 valence electrons. The molecule has 0 amide bonds. The molecule has 1 aliphatic heterocycles. The molecule has 5 nitrogen and oxygen atoms in total. The molecular formula is C15H18N2O3. The largest absolute Gasteiger partial charge is 0.457 e. The first-order chi connectivity index (χ1) is 9.54. The molecule has 0 radical (unpaired) electrons. The third-order valence-corrected chi connectivity index (χ3v) is 4.48. The van der Waals surface area contributed by atoms with E-state index >= 15 is 0 Å². The van der Waals surface area contributed by atoms with Crippen LogP contribution in [0.2, 0.25) is 0 Å². The molecule has 1 aromatic rings. The van der Waals surface area contributed by atoms with Gasteiger partial charge in [0.25, 0.3) is 0 Å². The summed E-state index contributed by atoms with van der Waals surface area (Å²) < 4.78 is 11.4. The monoisotopic (exact) mass is 274 g/mol. The van der Waals surface area contributed by atoms with Crippen molar-refractivity contribution in [2.24, 2.45) is 11.3 Å². The van der Waals surface area contributed by atoms with Gasteiger partial charge in [-0.2, -0.15) is 5.26 Å². The van der Waals surface area contributed by atoms with Crippen LogP contribution in [-0.4, -0.2) is 29.8 Å². The summed E-state index contributed by atoms with van der Waals surface area (Å²) in [4.78, 5) is 14.9. The van der Waals surface area contributed by atoms with Crippen LogP contribution in [0.3, 0.4) is 0 Å². The van der Waals surface area contributed by atoms with E-state index in [0.717, 1.165) is 19.4 Å². The third-order valence-electron chi connectivity index (χ3n) is 4.48. The second-order valence-electron chi connectivity index (χ2n) is 6.14. The van der Waals surface area contributed by atoms with Crippen molar-refractivity contribution in [3.05, 3.63) is 23.5 Å². The summed E-state index contributed by atoms with van der Waals surface area (Å²) >= 11 is 0. The zero-order chi connectivity index (χ0) is 14.3. The van der Waals surface area contributed by atoms with Crippen molar-refractivity contribution in [3.63, 3.8) is 0 Å². The van der Waals surface area contributed by atoms with Gasteiger partial charge in [-0.25, -0.2) is 4.79 Å². The molecule has 1 saturated heterocycles. The van der Waals surface area contributed by atoms with Crippen LogP contribution in [0.1, 0.15) is 42.9 Å². The first-order valence-corrected chi connectivity index (χ1v) is 6.95. The Labute approximate surface area is 117 Å². The lowest BCUT2D eigenvalue weighted by atomic mass is 9.57. The molecule has 0 aromatic carbocycles. The van der Waals surface area contributed by atoms with Gasteiger partial charge >= 0.3 is 5.97 Å². The molecule has 2 fully saturated rings. The fraction of sp³-hybridized carbons (Fsp3) is 0.600. The lowest BCUT2D eigenvalue weighted by Crippen LogP contribution is -2.65. The Balaban J connectivity index is 1.71. The van der Waals surface area contributed by atoms with Crippen molar-refractivity contribution >= 4 is 5.97 Å². The van der Waals surface area contributed by atoms with E-state index in [1.807, 2.05) is 6.07 Å². The Hall–Kier alpha value is -1.80. The van der Waals surface area contributed by atoms with Gasteiger partial charge in [-0.3, -0.25) is 0 Å². The number of nitriles is 1. The summed E-state index contributed by atoms with van der Waals surface area (Å²) in [5.41, 5.74) is 0.548. The van der Waals surface area contributed by atoms with E-state index < -0.39 is 5.97 Å². The van der Waals surface area contributed by atoms with E-state index in [-0.39, 0.29) is 17.6 Å². The van der Waals surface area contributed by atoms with Crippen LogP contribution in [0, 0.1) is 22.7 Å². The van der Waals surface area contributed by atoms with E-state index in [1.165, 1.54) is 0 Å². The smallest absolute Gasteiger partial charge is 0.355 e. The average Bonchev–Trinajstić information content (AvgIpc) is 2.93. The van der Waals surface area contributed by atoms with Gasteiger partial charge < -0.3 is 14.5 Å². The molecular weight excluding hydrogens is 256 g/mol. The Bertz CT molecular complexity index is 570. The highest BCUT2D eigenvalue weighted by Crippen LogP contribution is 2.53. The van der Waals surface area contributed by atoms with Crippen LogP contribution >= 0.6 is 0 Å². The molecule has 0 bridgehead atoms. The van der Waals surface area contributed by atoms with E-state index in [4.69, 9.17) is 14.7 Å². The van der Waals surface area contributed by atoms with Crippen molar-refractivity contribution in [3.8, 4) is 6.07 Å². The van der Waals surface area contributed by atoms with Gasteiger partial charge in [0.1, 0.15) is 23.6 Å². The minimum absolute atomic E-state index is 0.117. The minimum Gasteiger partial charge on any atom is -0.457 e. The summed E-state index contributed by atoms with van der Waals surface area (Å²) in [6, 6.07) is 5.12. The highest BCUT2D eigenvalue weighted by Gasteiger charge is 2.60. The second kappa shape index (κ2) is 4.64.